The van der Waals surface area contributed by atoms with Crippen molar-refractivity contribution in [3.8, 4) is 0 Å². The minimum absolute atomic E-state index is 0.0242. The number of fused-ring (bicyclic) bond motifs is 1. The number of nitrogens with zero attached hydrogens (tertiary/aromatic N) is 3. The number of rotatable bonds is 6. The molecular weight excluding hydrogens is 502 g/mol. The van der Waals surface area contributed by atoms with Gasteiger partial charge in [0.1, 0.15) is 11.9 Å². The van der Waals surface area contributed by atoms with Crippen LogP contribution in [0.4, 0.5) is 11.5 Å². The van der Waals surface area contributed by atoms with Crippen molar-refractivity contribution in [2.45, 2.75) is 45.1 Å². The van der Waals surface area contributed by atoms with Crippen LogP contribution in [-0.2, 0) is 16.0 Å². The van der Waals surface area contributed by atoms with E-state index < -0.39 is 6.04 Å². The monoisotopic (exact) mass is 531 g/mol. The van der Waals surface area contributed by atoms with Crippen LogP contribution in [0.1, 0.15) is 47.3 Å². The summed E-state index contributed by atoms with van der Waals surface area (Å²) in [7, 11) is 0. The van der Waals surface area contributed by atoms with Crippen molar-refractivity contribution in [2.75, 3.05) is 17.2 Å². The van der Waals surface area contributed by atoms with Gasteiger partial charge in [0.25, 0.3) is 5.91 Å². The zero-order valence-corrected chi connectivity index (χ0v) is 21.9. The molecule has 9 heteroatoms. The second-order valence-corrected chi connectivity index (χ2v) is 10.5. The molecule has 3 aromatic rings. The second-order valence-electron chi connectivity index (χ2n) is 10.1. The van der Waals surface area contributed by atoms with E-state index in [4.69, 9.17) is 11.6 Å². The van der Waals surface area contributed by atoms with Gasteiger partial charge in [0.05, 0.1) is 11.3 Å². The van der Waals surface area contributed by atoms with Crippen molar-refractivity contribution in [1.82, 2.24) is 14.9 Å². The Hall–Kier alpha value is -3.78. The van der Waals surface area contributed by atoms with E-state index in [1.165, 1.54) is 0 Å². The zero-order chi connectivity index (χ0) is 26.6. The number of nitrogens with one attached hydrogen (secondary N) is 2. The molecule has 5 rings (SSSR count). The molecule has 1 fully saturated rings. The van der Waals surface area contributed by atoms with Crippen molar-refractivity contribution in [3.05, 3.63) is 82.8 Å². The first-order valence-corrected chi connectivity index (χ1v) is 13.3. The summed E-state index contributed by atoms with van der Waals surface area (Å²) in [6.45, 7) is 2.38. The first-order valence-electron chi connectivity index (χ1n) is 12.9. The van der Waals surface area contributed by atoms with Gasteiger partial charge in [-0.25, -0.2) is 4.98 Å². The lowest BCUT2D eigenvalue weighted by Gasteiger charge is -2.35. The molecule has 1 aliphatic heterocycles. The van der Waals surface area contributed by atoms with E-state index in [9.17, 15) is 14.4 Å². The Balaban J connectivity index is 1.30. The summed E-state index contributed by atoms with van der Waals surface area (Å²) in [5.74, 6) is 0.131. The highest BCUT2D eigenvalue weighted by Gasteiger charge is 2.38. The molecule has 8 nitrogen and oxygen atoms in total. The van der Waals surface area contributed by atoms with E-state index in [1.807, 2.05) is 37.3 Å². The van der Waals surface area contributed by atoms with Crippen LogP contribution >= 0.6 is 11.6 Å². The van der Waals surface area contributed by atoms with Gasteiger partial charge in [0.15, 0.2) is 0 Å². The molecule has 196 valence electrons. The van der Waals surface area contributed by atoms with Crippen LogP contribution in [-0.4, -0.2) is 45.2 Å². The third kappa shape index (κ3) is 5.86. The van der Waals surface area contributed by atoms with Gasteiger partial charge in [-0.15, -0.1) is 0 Å². The molecule has 0 bridgehead atoms. The van der Waals surface area contributed by atoms with Crippen LogP contribution in [0.5, 0.6) is 0 Å². The number of carbonyl (C=O) groups excluding carboxylic acids is 3. The maximum atomic E-state index is 13.8. The largest absolute Gasteiger partial charge is 0.326 e. The molecule has 1 aliphatic carbocycles. The molecule has 0 unspecified atom stereocenters. The number of amides is 3. The molecule has 38 heavy (non-hydrogen) atoms. The number of hydrogen-bond acceptors (Lipinski definition) is 5. The molecule has 0 radical (unpaired) electrons. The molecule has 2 aromatic heterocycles. The molecule has 3 amide bonds. The first-order chi connectivity index (χ1) is 18.4. The highest BCUT2D eigenvalue weighted by Crippen LogP contribution is 2.33. The zero-order valence-electron chi connectivity index (χ0n) is 21.2. The second kappa shape index (κ2) is 11.3. The van der Waals surface area contributed by atoms with Crippen LogP contribution in [0.15, 0.2) is 60.9 Å². The highest BCUT2D eigenvalue weighted by molar-refractivity contribution is 6.31. The third-order valence-corrected chi connectivity index (χ3v) is 7.61. The predicted octanol–water partition coefficient (Wildman–Crippen LogP) is 4.89. The molecule has 2 N–H and O–H groups in total. The Bertz CT molecular complexity index is 1320. The number of halogens is 1. The van der Waals surface area contributed by atoms with E-state index in [-0.39, 0.29) is 29.6 Å². The third-order valence-electron chi connectivity index (χ3n) is 7.37. The molecule has 3 heterocycles. The van der Waals surface area contributed by atoms with Crippen molar-refractivity contribution in [1.29, 1.82) is 0 Å². The number of pyridine rings is 2. The van der Waals surface area contributed by atoms with Gasteiger partial charge in [-0.3, -0.25) is 19.4 Å². The van der Waals surface area contributed by atoms with Gasteiger partial charge in [-0.05, 0) is 80.5 Å². The maximum absolute atomic E-state index is 13.8. The van der Waals surface area contributed by atoms with Crippen LogP contribution in [0, 0.1) is 18.8 Å². The van der Waals surface area contributed by atoms with Crippen molar-refractivity contribution < 1.29 is 14.4 Å². The maximum Gasteiger partial charge on any atom is 0.256 e. The fourth-order valence-electron chi connectivity index (χ4n) is 5.25. The van der Waals surface area contributed by atoms with Crippen molar-refractivity contribution >= 4 is 40.8 Å². The lowest BCUT2D eigenvalue weighted by molar-refractivity contribution is -0.121. The summed E-state index contributed by atoms with van der Waals surface area (Å²) in [6.07, 6.45) is 6.73. The standard InChI is InChI=1S/C29H30ClN5O3/c1-18-5-12-26(32-16-18)34-27(36)20-8-6-19(7-9-20)17-35-25(15-22-4-2-3-13-31-22)28(37)33-24-14-21(30)10-11-23(24)29(35)38/h2-5,10-14,16,19-20,25H,6-9,15,17H2,1H3,(H,33,37)(H,32,34,36)/t19?,20?,25-/m1/s1. The van der Waals surface area contributed by atoms with Crippen LogP contribution in [0.2, 0.25) is 5.02 Å². The van der Waals surface area contributed by atoms with E-state index in [1.54, 1.807) is 35.5 Å². The van der Waals surface area contributed by atoms with Crippen LogP contribution in [0.25, 0.3) is 0 Å². The Kier molecular flexibility index (Phi) is 7.69. The Labute approximate surface area is 226 Å². The van der Waals surface area contributed by atoms with Crippen molar-refractivity contribution in [2.24, 2.45) is 11.8 Å². The summed E-state index contributed by atoms with van der Waals surface area (Å²) >= 11 is 6.16. The lowest BCUT2D eigenvalue weighted by atomic mass is 9.81. The smallest absolute Gasteiger partial charge is 0.256 e. The Morgan fingerprint density at radius 2 is 1.89 bits per heavy atom. The quantitative estimate of drug-likeness (QED) is 0.471. The Morgan fingerprint density at radius 3 is 2.61 bits per heavy atom. The summed E-state index contributed by atoms with van der Waals surface area (Å²) in [5.41, 5.74) is 2.61. The number of anilines is 2. The number of aryl methyl sites for hydroxylation is 1. The lowest BCUT2D eigenvalue weighted by Crippen LogP contribution is -2.49. The minimum Gasteiger partial charge on any atom is -0.326 e. The SMILES string of the molecule is Cc1ccc(NC(=O)C2CCC(CN3C(=O)c4ccc(Cl)cc4NC(=O)[C@H]3Cc3ccccn3)CC2)nc1. The summed E-state index contributed by atoms with van der Waals surface area (Å²) in [5, 5.41) is 6.28. The van der Waals surface area contributed by atoms with E-state index in [2.05, 4.69) is 20.6 Å². The summed E-state index contributed by atoms with van der Waals surface area (Å²) in [4.78, 5) is 50.3. The van der Waals surface area contributed by atoms with Crippen LogP contribution < -0.4 is 10.6 Å². The number of aromatic nitrogens is 2. The Morgan fingerprint density at radius 1 is 1.08 bits per heavy atom. The molecule has 1 saturated carbocycles. The fourth-order valence-corrected chi connectivity index (χ4v) is 5.42. The van der Waals surface area contributed by atoms with Crippen LogP contribution in [0.3, 0.4) is 0 Å². The van der Waals surface area contributed by atoms with Gasteiger partial charge >= 0.3 is 0 Å². The molecule has 0 spiro atoms. The summed E-state index contributed by atoms with van der Waals surface area (Å²) in [6, 6.07) is 13.5. The van der Waals surface area contributed by atoms with E-state index in [0.29, 0.717) is 47.9 Å². The van der Waals surface area contributed by atoms with Gasteiger partial charge < -0.3 is 15.5 Å². The van der Waals surface area contributed by atoms with Gasteiger partial charge in [0, 0.05) is 42.0 Å². The molecular formula is C29H30ClN5O3. The average molecular weight is 532 g/mol. The molecule has 2 aliphatic rings. The number of hydrogen-bond donors (Lipinski definition) is 2. The molecule has 1 aromatic carbocycles. The molecule has 0 saturated heterocycles. The fraction of sp³-hybridized carbons (Fsp3) is 0.345. The van der Waals surface area contributed by atoms with Crippen molar-refractivity contribution in [3.63, 3.8) is 0 Å². The topological polar surface area (TPSA) is 104 Å². The predicted molar refractivity (Wildman–Crippen MR) is 146 cm³/mol. The van der Waals surface area contributed by atoms with E-state index >= 15 is 0 Å². The normalized spacial score (nSPS) is 21.3. The number of carbonyl (C=O) groups is 3. The number of benzene rings is 1. The van der Waals surface area contributed by atoms with E-state index in [0.717, 1.165) is 24.1 Å². The first kappa shape index (κ1) is 25.9. The highest BCUT2D eigenvalue weighted by atomic mass is 35.5. The minimum atomic E-state index is -0.711. The van der Waals surface area contributed by atoms with Gasteiger partial charge in [-0.1, -0.05) is 23.7 Å². The van der Waals surface area contributed by atoms with Gasteiger partial charge in [-0.2, -0.15) is 0 Å². The molecule has 1 atom stereocenters. The average Bonchev–Trinajstić information content (AvgIpc) is 3.00. The summed E-state index contributed by atoms with van der Waals surface area (Å²) < 4.78 is 0. The van der Waals surface area contributed by atoms with Gasteiger partial charge in [0.2, 0.25) is 11.8 Å².